The van der Waals surface area contributed by atoms with Gasteiger partial charge in [0, 0.05) is 6.07 Å². The summed E-state index contributed by atoms with van der Waals surface area (Å²) < 4.78 is 0.994. The van der Waals surface area contributed by atoms with Gasteiger partial charge < -0.3 is 10.2 Å². The molecule has 0 atom stereocenters. The van der Waals surface area contributed by atoms with E-state index >= 15 is 0 Å². The molecular weight excluding hydrogens is 248 g/mol. The molecule has 2 aromatic rings. The third kappa shape index (κ3) is 2.20. The number of para-hydroxylation sites is 1. The van der Waals surface area contributed by atoms with Gasteiger partial charge in [0.15, 0.2) is 5.75 Å². The standard InChI is InChI=1S/C13H12N2O4/c1-7-4-3-5-8(2)12(7)15-10(17)6-9(16)11(14-15)13(18)19/h3-6,16H,1-2H3,(H,18,19). The third-order valence-corrected chi connectivity index (χ3v) is 2.77. The minimum atomic E-state index is -1.39. The molecule has 6 nitrogen and oxygen atoms in total. The molecule has 2 rings (SSSR count). The Morgan fingerprint density at radius 2 is 1.84 bits per heavy atom. The van der Waals surface area contributed by atoms with Gasteiger partial charge in [0.2, 0.25) is 5.69 Å². The van der Waals surface area contributed by atoms with Crippen molar-refractivity contribution in [2.24, 2.45) is 0 Å². The van der Waals surface area contributed by atoms with Gasteiger partial charge in [-0.05, 0) is 25.0 Å². The number of hydrogen-bond acceptors (Lipinski definition) is 4. The van der Waals surface area contributed by atoms with Crippen molar-refractivity contribution in [3.63, 3.8) is 0 Å². The van der Waals surface area contributed by atoms with Gasteiger partial charge in [-0.15, -0.1) is 0 Å². The first-order valence-electron chi connectivity index (χ1n) is 5.55. The Morgan fingerprint density at radius 3 is 2.37 bits per heavy atom. The number of nitrogens with zero attached hydrogens (tertiary/aromatic N) is 2. The average Bonchev–Trinajstić information content (AvgIpc) is 2.30. The number of aromatic carboxylic acids is 1. The number of aromatic hydroxyl groups is 1. The van der Waals surface area contributed by atoms with E-state index in [0.29, 0.717) is 5.69 Å². The smallest absolute Gasteiger partial charge is 0.360 e. The van der Waals surface area contributed by atoms with E-state index in [1.807, 2.05) is 6.07 Å². The summed E-state index contributed by atoms with van der Waals surface area (Å²) in [7, 11) is 0. The number of carboxylic acids is 1. The summed E-state index contributed by atoms with van der Waals surface area (Å²) in [6.07, 6.45) is 0. The predicted molar refractivity (Wildman–Crippen MR) is 67.9 cm³/mol. The van der Waals surface area contributed by atoms with E-state index in [0.717, 1.165) is 21.9 Å². The van der Waals surface area contributed by atoms with E-state index in [2.05, 4.69) is 5.10 Å². The van der Waals surface area contributed by atoms with E-state index in [1.165, 1.54) is 0 Å². The Kier molecular flexibility index (Phi) is 3.08. The second kappa shape index (κ2) is 4.56. The molecular formula is C13H12N2O4. The molecule has 98 valence electrons. The van der Waals surface area contributed by atoms with E-state index < -0.39 is 23.0 Å². The van der Waals surface area contributed by atoms with Crippen molar-refractivity contribution in [1.82, 2.24) is 9.78 Å². The molecule has 6 heteroatoms. The lowest BCUT2D eigenvalue weighted by Crippen LogP contribution is -2.24. The second-order valence-electron chi connectivity index (χ2n) is 4.17. The minimum Gasteiger partial charge on any atom is -0.505 e. The van der Waals surface area contributed by atoms with Crippen LogP contribution in [-0.4, -0.2) is 26.0 Å². The first-order valence-corrected chi connectivity index (χ1v) is 5.55. The molecule has 0 spiro atoms. The van der Waals surface area contributed by atoms with Crippen molar-refractivity contribution in [2.75, 3.05) is 0 Å². The van der Waals surface area contributed by atoms with Crippen LogP contribution >= 0.6 is 0 Å². The highest BCUT2D eigenvalue weighted by molar-refractivity contribution is 5.88. The highest BCUT2D eigenvalue weighted by Crippen LogP contribution is 2.18. The molecule has 0 radical (unpaired) electrons. The predicted octanol–water partition coefficient (Wildman–Crippen LogP) is 1.25. The zero-order valence-corrected chi connectivity index (χ0v) is 10.4. The first kappa shape index (κ1) is 12.8. The van der Waals surface area contributed by atoms with Crippen LogP contribution in [0.15, 0.2) is 29.1 Å². The Balaban J connectivity index is 2.80. The summed E-state index contributed by atoms with van der Waals surface area (Å²) in [4.78, 5) is 22.8. The van der Waals surface area contributed by atoms with Crippen LogP contribution in [0.4, 0.5) is 0 Å². The Labute approximate surface area is 108 Å². The van der Waals surface area contributed by atoms with E-state index in [-0.39, 0.29) is 0 Å². The fourth-order valence-corrected chi connectivity index (χ4v) is 1.90. The minimum absolute atomic E-state index is 0.523. The van der Waals surface area contributed by atoms with E-state index in [4.69, 9.17) is 5.11 Å². The molecule has 0 saturated heterocycles. The van der Waals surface area contributed by atoms with Crippen molar-refractivity contribution in [3.8, 4) is 11.4 Å². The van der Waals surface area contributed by atoms with E-state index in [1.54, 1.807) is 26.0 Å². The number of aryl methyl sites for hydroxylation is 2. The molecule has 1 aromatic carbocycles. The number of carboxylic acid groups (broad SMARTS) is 1. The number of hydrogen-bond donors (Lipinski definition) is 2. The van der Waals surface area contributed by atoms with Crippen molar-refractivity contribution < 1.29 is 15.0 Å². The summed E-state index contributed by atoms with van der Waals surface area (Å²) in [6.45, 7) is 3.59. The lowest BCUT2D eigenvalue weighted by atomic mass is 10.1. The molecule has 0 aliphatic rings. The maximum absolute atomic E-state index is 11.9. The molecule has 1 heterocycles. The van der Waals surface area contributed by atoms with Crippen LogP contribution in [0, 0.1) is 13.8 Å². The topological polar surface area (TPSA) is 92.4 Å². The lowest BCUT2D eigenvalue weighted by Gasteiger charge is -2.11. The van der Waals surface area contributed by atoms with Gasteiger partial charge in [0.1, 0.15) is 0 Å². The van der Waals surface area contributed by atoms with Gasteiger partial charge in [-0.1, -0.05) is 18.2 Å². The molecule has 19 heavy (non-hydrogen) atoms. The third-order valence-electron chi connectivity index (χ3n) is 2.77. The molecule has 0 unspecified atom stereocenters. The number of carbonyl (C=O) groups is 1. The highest BCUT2D eigenvalue weighted by Gasteiger charge is 2.17. The highest BCUT2D eigenvalue weighted by atomic mass is 16.4. The summed E-state index contributed by atoms with van der Waals surface area (Å²) >= 11 is 0. The van der Waals surface area contributed by atoms with Crippen LogP contribution in [0.2, 0.25) is 0 Å². The fraction of sp³-hybridized carbons (Fsp3) is 0.154. The van der Waals surface area contributed by atoms with Gasteiger partial charge in [-0.25, -0.2) is 4.79 Å². The van der Waals surface area contributed by atoms with Crippen LogP contribution in [0.5, 0.6) is 5.75 Å². The Bertz CT molecular complexity index is 699. The molecule has 1 aromatic heterocycles. The molecule has 2 N–H and O–H groups in total. The zero-order chi connectivity index (χ0) is 14.2. The van der Waals surface area contributed by atoms with E-state index in [9.17, 15) is 14.7 Å². The SMILES string of the molecule is Cc1cccc(C)c1-n1nc(C(=O)O)c(O)cc1=O. The largest absolute Gasteiger partial charge is 0.505 e. The average molecular weight is 260 g/mol. The first-order chi connectivity index (χ1) is 8.91. The summed E-state index contributed by atoms with van der Waals surface area (Å²) in [5.74, 6) is -2.03. The normalized spacial score (nSPS) is 10.4. The van der Waals surface area contributed by atoms with Gasteiger partial charge in [0.05, 0.1) is 5.69 Å². The van der Waals surface area contributed by atoms with Crippen LogP contribution in [0.25, 0.3) is 5.69 Å². The van der Waals surface area contributed by atoms with Crippen molar-refractivity contribution in [1.29, 1.82) is 0 Å². The number of aromatic nitrogens is 2. The van der Waals surface area contributed by atoms with Gasteiger partial charge >= 0.3 is 5.97 Å². The monoisotopic (exact) mass is 260 g/mol. The molecule has 0 bridgehead atoms. The zero-order valence-electron chi connectivity index (χ0n) is 10.4. The van der Waals surface area contributed by atoms with Crippen LogP contribution in [-0.2, 0) is 0 Å². The Hall–Kier alpha value is -2.63. The van der Waals surface area contributed by atoms with Gasteiger partial charge in [0.25, 0.3) is 5.56 Å². The molecule has 0 amide bonds. The van der Waals surface area contributed by atoms with Gasteiger partial charge in [-0.2, -0.15) is 9.78 Å². The summed E-state index contributed by atoms with van der Waals surface area (Å²) in [5, 5.41) is 22.1. The van der Waals surface area contributed by atoms with Crippen LogP contribution < -0.4 is 5.56 Å². The molecule has 0 aliphatic heterocycles. The van der Waals surface area contributed by atoms with Crippen molar-refractivity contribution >= 4 is 5.97 Å². The maximum atomic E-state index is 11.9. The van der Waals surface area contributed by atoms with Gasteiger partial charge in [-0.3, -0.25) is 4.79 Å². The number of benzene rings is 1. The van der Waals surface area contributed by atoms with Crippen LogP contribution in [0.1, 0.15) is 21.6 Å². The summed E-state index contributed by atoms with van der Waals surface area (Å²) in [5.41, 5.74) is 0.963. The lowest BCUT2D eigenvalue weighted by molar-refractivity contribution is 0.0684. The molecule has 0 fully saturated rings. The van der Waals surface area contributed by atoms with Crippen molar-refractivity contribution in [3.05, 3.63) is 51.4 Å². The quantitative estimate of drug-likeness (QED) is 0.847. The van der Waals surface area contributed by atoms with Crippen molar-refractivity contribution in [2.45, 2.75) is 13.8 Å². The van der Waals surface area contributed by atoms with Crippen LogP contribution in [0.3, 0.4) is 0 Å². The Morgan fingerprint density at radius 1 is 1.26 bits per heavy atom. The fourth-order valence-electron chi connectivity index (χ4n) is 1.90. The second-order valence-corrected chi connectivity index (χ2v) is 4.17. The number of rotatable bonds is 2. The maximum Gasteiger partial charge on any atom is 0.360 e. The summed E-state index contributed by atoms with van der Waals surface area (Å²) in [6, 6.07) is 6.27. The molecule has 0 saturated carbocycles. The molecule has 0 aliphatic carbocycles.